The van der Waals surface area contributed by atoms with E-state index in [2.05, 4.69) is 70.5 Å². The second-order valence-electron chi connectivity index (χ2n) is 10.2. The van der Waals surface area contributed by atoms with E-state index in [-0.39, 0.29) is 0 Å². The Kier molecular flexibility index (Phi) is 3.24. The predicted octanol–water partition coefficient (Wildman–Crippen LogP) is 6.90. The molecule has 0 saturated carbocycles. The van der Waals surface area contributed by atoms with Gasteiger partial charge in [0.15, 0.2) is 0 Å². The van der Waals surface area contributed by atoms with Gasteiger partial charge in [-0.2, -0.15) is 0 Å². The van der Waals surface area contributed by atoms with Crippen LogP contribution in [0, 0.1) is 0 Å². The summed E-state index contributed by atoms with van der Waals surface area (Å²) < 4.78 is 0. The summed E-state index contributed by atoms with van der Waals surface area (Å²) in [7, 11) is 0. The molecule has 3 heteroatoms. The van der Waals surface area contributed by atoms with E-state index in [0.717, 1.165) is 25.7 Å². The van der Waals surface area contributed by atoms with Crippen LogP contribution in [0.4, 0.5) is 17.1 Å². The molecule has 0 fully saturated rings. The van der Waals surface area contributed by atoms with Crippen LogP contribution in [-0.2, 0) is 25.7 Å². The Labute approximate surface area is 203 Å². The number of anilines is 3. The highest BCUT2D eigenvalue weighted by atomic mass is 15.2. The van der Waals surface area contributed by atoms with Gasteiger partial charge in [-0.15, -0.1) is 0 Å². The summed E-state index contributed by atoms with van der Waals surface area (Å²) in [6.45, 7) is 0. The van der Waals surface area contributed by atoms with Gasteiger partial charge in [0.2, 0.25) is 0 Å². The van der Waals surface area contributed by atoms with Crippen LogP contribution in [0.3, 0.4) is 0 Å². The first-order chi connectivity index (χ1) is 17.3. The third-order valence-corrected chi connectivity index (χ3v) is 8.52. The van der Waals surface area contributed by atoms with Crippen LogP contribution >= 0.6 is 0 Å². The van der Waals surface area contributed by atoms with Crippen molar-refractivity contribution >= 4 is 17.1 Å². The average molecular weight is 448 g/mol. The van der Waals surface area contributed by atoms with Crippen molar-refractivity contribution in [1.82, 2.24) is 9.97 Å². The van der Waals surface area contributed by atoms with Crippen LogP contribution in [0.15, 0.2) is 79.3 Å². The van der Waals surface area contributed by atoms with E-state index in [1.807, 2.05) is 18.6 Å². The number of nitrogens with zero attached hydrogens (tertiary/aromatic N) is 3. The lowest BCUT2D eigenvalue weighted by atomic mass is 9.86. The molecular formula is C32H21N3. The fraction of sp³-hybridized carbons (Fsp3) is 0.125. The van der Waals surface area contributed by atoms with E-state index in [4.69, 9.17) is 4.98 Å². The molecule has 0 radical (unpaired) electrons. The predicted molar refractivity (Wildman–Crippen MR) is 139 cm³/mol. The van der Waals surface area contributed by atoms with E-state index in [0.29, 0.717) is 0 Å². The van der Waals surface area contributed by atoms with Crippen LogP contribution in [0.5, 0.6) is 0 Å². The zero-order valence-electron chi connectivity index (χ0n) is 19.2. The summed E-state index contributed by atoms with van der Waals surface area (Å²) in [5.41, 5.74) is 20.7. The lowest BCUT2D eigenvalue weighted by Gasteiger charge is -2.39. The first-order valence-corrected chi connectivity index (χ1v) is 12.4. The zero-order valence-corrected chi connectivity index (χ0v) is 19.2. The summed E-state index contributed by atoms with van der Waals surface area (Å²) in [5, 5.41) is 0. The van der Waals surface area contributed by atoms with E-state index < -0.39 is 0 Å². The van der Waals surface area contributed by atoms with E-state index in [1.54, 1.807) is 0 Å². The molecule has 164 valence electrons. The summed E-state index contributed by atoms with van der Waals surface area (Å²) in [6, 6.07) is 22.7. The second kappa shape index (κ2) is 6.25. The first kappa shape index (κ1) is 18.1. The largest absolute Gasteiger partial charge is 0.306 e. The molecule has 2 aliphatic heterocycles. The molecular weight excluding hydrogens is 426 g/mol. The molecule has 4 aliphatic rings. The van der Waals surface area contributed by atoms with Crippen LogP contribution in [-0.4, -0.2) is 9.97 Å². The minimum Gasteiger partial charge on any atom is -0.306 e. The average Bonchev–Trinajstić information content (AvgIpc) is 3.47. The van der Waals surface area contributed by atoms with Crippen molar-refractivity contribution in [1.29, 1.82) is 0 Å². The first-order valence-electron chi connectivity index (χ1n) is 12.4. The highest BCUT2D eigenvalue weighted by molar-refractivity contribution is 5.94. The van der Waals surface area contributed by atoms with E-state index in [1.165, 1.54) is 84.0 Å². The molecule has 9 rings (SSSR count). The van der Waals surface area contributed by atoms with Crippen LogP contribution < -0.4 is 4.90 Å². The highest BCUT2D eigenvalue weighted by Gasteiger charge is 2.36. The van der Waals surface area contributed by atoms with Gasteiger partial charge in [0.05, 0.1) is 29.0 Å². The molecule has 2 aliphatic carbocycles. The number of hydrogen-bond donors (Lipinski definition) is 0. The van der Waals surface area contributed by atoms with Crippen molar-refractivity contribution in [2.24, 2.45) is 0 Å². The smallest absolute Gasteiger partial charge is 0.0716 e. The molecule has 5 aromatic rings. The topological polar surface area (TPSA) is 29.0 Å². The lowest BCUT2D eigenvalue weighted by Crippen LogP contribution is -2.26. The summed E-state index contributed by atoms with van der Waals surface area (Å²) in [6.07, 6.45) is 9.79. The van der Waals surface area contributed by atoms with Crippen molar-refractivity contribution < 1.29 is 0 Å². The van der Waals surface area contributed by atoms with E-state index in [9.17, 15) is 0 Å². The Balaban J connectivity index is 1.28. The van der Waals surface area contributed by atoms with Crippen LogP contribution in [0.25, 0.3) is 22.3 Å². The van der Waals surface area contributed by atoms with Crippen molar-refractivity contribution in [2.75, 3.05) is 4.90 Å². The Morgan fingerprint density at radius 3 is 2.46 bits per heavy atom. The molecule has 35 heavy (non-hydrogen) atoms. The maximum atomic E-state index is 4.88. The molecule has 0 atom stereocenters. The van der Waals surface area contributed by atoms with Crippen molar-refractivity contribution in [3.05, 3.63) is 124 Å². The van der Waals surface area contributed by atoms with Gasteiger partial charge in [0.25, 0.3) is 0 Å². The quantitative estimate of drug-likeness (QED) is 0.253. The van der Waals surface area contributed by atoms with Crippen molar-refractivity contribution in [3.8, 4) is 22.3 Å². The van der Waals surface area contributed by atoms with Gasteiger partial charge in [0, 0.05) is 25.2 Å². The Morgan fingerprint density at radius 2 is 1.46 bits per heavy atom. The van der Waals surface area contributed by atoms with Gasteiger partial charge in [-0.1, -0.05) is 42.5 Å². The number of benzene rings is 3. The molecule has 4 heterocycles. The van der Waals surface area contributed by atoms with Gasteiger partial charge in [0.1, 0.15) is 0 Å². The number of pyridine rings is 2. The molecule has 0 bridgehead atoms. The maximum absolute atomic E-state index is 4.88. The van der Waals surface area contributed by atoms with Crippen LogP contribution in [0.2, 0.25) is 0 Å². The standard InChI is InChI=1S/C32H21N3/c1-2-4-22-18(3-1)14-27-23(22)6-5-20-15-25-24(31(20)27)7-8-29-26(25)16-28-32-21(10-12-34-28)13-19-9-11-33-17-30(19)35(29)32/h1-12,17H,13-16H2. The minimum atomic E-state index is 0.893. The van der Waals surface area contributed by atoms with Gasteiger partial charge >= 0.3 is 0 Å². The Morgan fingerprint density at radius 1 is 0.571 bits per heavy atom. The third kappa shape index (κ3) is 2.21. The normalized spacial score (nSPS) is 14.9. The van der Waals surface area contributed by atoms with E-state index >= 15 is 0 Å². The summed E-state index contributed by atoms with van der Waals surface area (Å²) >= 11 is 0. The number of rotatable bonds is 0. The lowest BCUT2D eigenvalue weighted by molar-refractivity contribution is 0.944. The molecule has 2 aromatic heterocycles. The molecule has 3 nitrogen and oxygen atoms in total. The van der Waals surface area contributed by atoms with Crippen molar-refractivity contribution in [2.45, 2.75) is 25.7 Å². The second-order valence-corrected chi connectivity index (χ2v) is 10.2. The SMILES string of the molecule is c1ccc2c(c1)Cc1c-2ccc2c1-c1ccc3c(c1C2)Cc1nccc2c1N3c1cnccc1C2. The monoisotopic (exact) mass is 447 g/mol. The molecule has 0 unspecified atom stereocenters. The van der Waals surface area contributed by atoms with Crippen LogP contribution in [0.1, 0.15) is 44.6 Å². The van der Waals surface area contributed by atoms with Gasteiger partial charge in [-0.3, -0.25) is 9.97 Å². The fourth-order valence-corrected chi connectivity index (χ4v) is 7.05. The Hall–Kier alpha value is -4.24. The zero-order chi connectivity index (χ0) is 22.7. The summed E-state index contributed by atoms with van der Waals surface area (Å²) in [4.78, 5) is 11.8. The molecule has 3 aromatic carbocycles. The van der Waals surface area contributed by atoms with Gasteiger partial charge < -0.3 is 4.90 Å². The number of hydrogen-bond acceptors (Lipinski definition) is 3. The molecule has 0 N–H and O–H groups in total. The Bertz CT molecular complexity index is 1760. The molecule has 0 spiro atoms. The number of aromatic nitrogens is 2. The van der Waals surface area contributed by atoms with Gasteiger partial charge in [-0.25, -0.2) is 0 Å². The third-order valence-electron chi connectivity index (χ3n) is 8.52. The molecule has 0 amide bonds. The number of fused-ring (bicyclic) bond motifs is 12. The van der Waals surface area contributed by atoms with Crippen molar-refractivity contribution in [3.63, 3.8) is 0 Å². The maximum Gasteiger partial charge on any atom is 0.0716 e. The summed E-state index contributed by atoms with van der Waals surface area (Å²) in [5.74, 6) is 0. The van der Waals surface area contributed by atoms with Gasteiger partial charge in [-0.05, 0) is 92.2 Å². The molecule has 0 saturated heterocycles. The minimum absolute atomic E-state index is 0.893. The fourth-order valence-electron chi connectivity index (χ4n) is 7.05. The highest BCUT2D eigenvalue weighted by Crippen LogP contribution is 2.54.